The summed E-state index contributed by atoms with van der Waals surface area (Å²) in [6, 6.07) is 16.5. The highest BCUT2D eigenvalue weighted by molar-refractivity contribution is 7.17. The number of nitrogens with one attached hydrogen (secondary N) is 1. The minimum atomic E-state index is 0.0207. The summed E-state index contributed by atoms with van der Waals surface area (Å²) in [5, 5.41) is 6.93. The quantitative estimate of drug-likeness (QED) is 0.417. The van der Waals surface area contributed by atoms with Gasteiger partial charge in [0.25, 0.3) is 0 Å². The average molecular weight is 475 g/mol. The predicted molar refractivity (Wildman–Crippen MR) is 134 cm³/mol. The molecule has 2 aliphatic rings. The lowest BCUT2D eigenvalue weighted by Crippen LogP contribution is -2.36. The molecule has 6 rings (SSSR count). The van der Waals surface area contributed by atoms with E-state index in [4.69, 9.17) is 24.2 Å². The van der Waals surface area contributed by atoms with Gasteiger partial charge in [-0.1, -0.05) is 36.4 Å². The first-order valence-electron chi connectivity index (χ1n) is 11.5. The Hall–Kier alpha value is -3.20. The monoisotopic (exact) mass is 474 g/mol. The Morgan fingerprint density at radius 3 is 2.71 bits per heavy atom. The van der Waals surface area contributed by atoms with Crippen LogP contribution in [0.1, 0.15) is 24.4 Å². The third-order valence-electron chi connectivity index (χ3n) is 6.28. The zero-order valence-electron chi connectivity index (χ0n) is 19.0. The zero-order chi connectivity index (χ0) is 22.9. The molecule has 7 nitrogen and oxygen atoms in total. The van der Waals surface area contributed by atoms with Gasteiger partial charge < -0.3 is 19.5 Å². The van der Waals surface area contributed by atoms with Crippen LogP contribution in [0.15, 0.2) is 53.9 Å². The van der Waals surface area contributed by atoms with E-state index in [9.17, 15) is 0 Å². The molecule has 1 atom stereocenters. The SMILES string of the molecule is CC(Nc1nc(CN2CCOCC2)nc2scc(-c3ccccc3)c12)c1ccc2c(c1)OCO2. The van der Waals surface area contributed by atoms with E-state index in [-0.39, 0.29) is 12.8 Å². The summed E-state index contributed by atoms with van der Waals surface area (Å²) in [6.45, 7) is 6.44. The summed E-state index contributed by atoms with van der Waals surface area (Å²) < 4.78 is 16.6. The van der Waals surface area contributed by atoms with Crippen molar-refractivity contribution in [1.29, 1.82) is 0 Å². The van der Waals surface area contributed by atoms with Gasteiger partial charge >= 0.3 is 0 Å². The van der Waals surface area contributed by atoms with Gasteiger partial charge in [0.1, 0.15) is 16.5 Å². The molecule has 1 saturated heterocycles. The van der Waals surface area contributed by atoms with Crippen LogP contribution >= 0.6 is 11.3 Å². The molecule has 34 heavy (non-hydrogen) atoms. The topological polar surface area (TPSA) is 68.7 Å². The van der Waals surface area contributed by atoms with Gasteiger partial charge in [-0.3, -0.25) is 4.90 Å². The summed E-state index contributed by atoms with van der Waals surface area (Å²) in [4.78, 5) is 13.3. The van der Waals surface area contributed by atoms with Gasteiger partial charge in [0.05, 0.1) is 31.2 Å². The summed E-state index contributed by atoms with van der Waals surface area (Å²) in [6.07, 6.45) is 0. The maximum Gasteiger partial charge on any atom is 0.231 e. The Bertz CT molecular complexity index is 1300. The number of benzene rings is 2. The molecule has 0 aliphatic carbocycles. The molecule has 1 unspecified atom stereocenters. The fourth-order valence-electron chi connectivity index (χ4n) is 4.42. The third-order valence-corrected chi connectivity index (χ3v) is 7.16. The second-order valence-electron chi connectivity index (χ2n) is 8.55. The summed E-state index contributed by atoms with van der Waals surface area (Å²) >= 11 is 1.67. The number of aromatic nitrogens is 2. The summed E-state index contributed by atoms with van der Waals surface area (Å²) in [5.41, 5.74) is 3.43. The minimum Gasteiger partial charge on any atom is -0.454 e. The Morgan fingerprint density at radius 2 is 1.85 bits per heavy atom. The van der Waals surface area contributed by atoms with Crippen LogP contribution in [0.2, 0.25) is 0 Å². The van der Waals surface area contributed by atoms with Crippen molar-refractivity contribution in [3.8, 4) is 22.6 Å². The second kappa shape index (κ2) is 9.21. The van der Waals surface area contributed by atoms with E-state index in [0.29, 0.717) is 6.54 Å². The first kappa shape index (κ1) is 21.3. The average Bonchev–Trinajstić information content (AvgIpc) is 3.52. The first-order valence-corrected chi connectivity index (χ1v) is 12.4. The molecule has 0 spiro atoms. The molecule has 1 fully saturated rings. The van der Waals surface area contributed by atoms with Crippen LogP contribution in [0.4, 0.5) is 5.82 Å². The number of rotatable bonds is 6. The van der Waals surface area contributed by atoms with Crippen molar-refractivity contribution in [3.63, 3.8) is 0 Å². The molecule has 2 aromatic carbocycles. The lowest BCUT2D eigenvalue weighted by molar-refractivity contribution is 0.0331. The predicted octanol–water partition coefficient (Wildman–Crippen LogP) is 5.09. The lowest BCUT2D eigenvalue weighted by atomic mass is 10.0. The van der Waals surface area contributed by atoms with Gasteiger partial charge in [0.2, 0.25) is 6.79 Å². The van der Waals surface area contributed by atoms with Crippen LogP contribution in [0.5, 0.6) is 11.5 Å². The van der Waals surface area contributed by atoms with E-state index in [1.165, 1.54) is 0 Å². The molecular formula is C26H26N4O3S. The lowest BCUT2D eigenvalue weighted by Gasteiger charge is -2.26. The molecule has 1 N–H and O–H groups in total. The number of hydrogen-bond donors (Lipinski definition) is 1. The van der Waals surface area contributed by atoms with Gasteiger partial charge in [-0.05, 0) is 30.2 Å². The Kier molecular flexibility index (Phi) is 5.78. The van der Waals surface area contributed by atoms with Crippen molar-refractivity contribution < 1.29 is 14.2 Å². The number of morpholine rings is 1. The van der Waals surface area contributed by atoms with E-state index >= 15 is 0 Å². The number of thiophene rings is 1. The highest BCUT2D eigenvalue weighted by Gasteiger charge is 2.21. The number of ether oxygens (including phenoxy) is 3. The van der Waals surface area contributed by atoms with Crippen molar-refractivity contribution in [2.75, 3.05) is 38.4 Å². The van der Waals surface area contributed by atoms with Crippen LogP contribution in [0.25, 0.3) is 21.3 Å². The number of fused-ring (bicyclic) bond motifs is 2. The molecule has 4 heterocycles. The van der Waals surface area contributed by atoms with Crippen LogP contribution in [0, 0.1) is 0 Å². The van der Waals surface area contributed by atoms with Crippen molar-refractivity contribution in [3.05, 3.63) is 65.3 Å². The Labute approximate surface area is 202 Å². The normalized spacial score (nSPS) is 16.6. The largest absolute Gasteiger partial charge is 0.454 e. The highest BCUT2D eigenvalue weighted by Crippen LogP contribution is 2.39. The highest BCUT2D eigenvalue weighted by atomic mass is 32.1. The van der Waals surface area contributed by atoms with Gasteiger partial charge in [-0.15, -0.1) is 11.3 Å². The molecule has 0 amide bonds. The molecule has 0 saturated carbocycles. The fourth-order valence-corrected chi connectivity index (χ4v) is 5.39. The van der Waals surface area contributed by atoms with E-state index in [1.807, 2.05) is 18.2 Å². The summed E-state index contributed by atoms with van der Waals surface area (Å²) in [7, 11) is 0. The molecule has 0 bridgehead atoms. The maximum atomic E-state index is 5.59. The van der Waals surface area contributed by atoms with E-state index in [2.05, 4.69) is 52.9 Å². The van der Waals surface area contributed by atoms with E-state index in [1.54, 1.807) is 11.3 Å². The van der Waals surface area contributed by atoms with Gasteiger partial charge in [-0.25, -0.2) is 9.97 Å². The number of nitrogens with zero attached hydrogens (tertiary/aromatic N) is 3. The number of hydrogen-bond acceptors (Lipinski definition) is 8. The number of anilines is 1. The molecule has 2 aliphatic heterocycles. The van der Waals surface area contributed by atoms with Crippen molar-refractivity contribution >= 4 is 27.4 Å². The summed E-state index contributed by atoms with van der Waals surface area (Å²) in [5.74, 6) is 3.26. The Morgan fingerprint density at radius 1 is 1.03 bits per heavy atom. The van der Waals surface area contributed by atoms with Gasteiger partial charge in [0.15, 0.2) is 11.5 Å². The van der Waals surface area contributed by atoms with Crippen LogP contribution in [0.3, 0.4) is 0 Å². The Balaban J connectivity index is 1.38. The molecule has 4 aromatic rings. The van der Waals surface area contributed by atoms with Gasteiger partial charge in [-0.2, -0.15) is 0 Å². The first-order chi connectivity index (χ1) is 16.7. The smallest absolute Gasteiger partial charge is 0.231 e. The van der Waals surface area contributed by atoms with Crippen molar-refractivity contribution in [2.45, 2.75) is 19.5 Å². The molecule has 174 valence electrons. The fraction of sp³-hybridized carbons (Fsp3) is 0.308. The second-order valence-corrected chi connectivity index (χ2v) is 9.41. The maximum absolute atomic E-state index is 5.59. The van der Waals surface area contributed by atoms with Crippen molar-refractivity contribution in [1.82, 2.24) is 14.9 Å². The minimum absolute atomic E-state index is 0.0207. The zero-order valence-corrected chi connectivity index (χ0v) is 19.8. The van der Waals surface area contributed by atoms with Crippen LogP contribution < -0.4 is 14.8 Å². The van der Waals surface area contributed by atoms with Crippen molar-refractivity contribution in [2.24, 2.45) is 0 Å². The van der Waals surface area contributed by atoms with E-state index in [0.717, 1.165) is 76.4 Å². The molecule has 2 aromatic heterocycles. The van der Waals surface area contributed by atoms with Crippen LogP contribution in [-0.4, -0.2) is 48.0 Å². The van der Waals surface area contributed by atoms with Gasteiger partial charge in [0, 0.05) is 24.0 Å². The molecule has 8 heteroatoms. The van der Waals surface area contributed by atoms with E-state index < -0.39 is 0 Å². The molecular weight excluding hydrogens is 448 g/mol. The molecule has 0 radical (unpaired) electrons. The standard InChI is InChI=1S/C26H26N4O3S/c1-17(19-7-8-21-22(13-19)33-16-32-21)27-25-24-20(18-5-3-2-4-6-18)15-34-26(24)29-23(28-25)14-30-9-11-31-12-10-30/h2-8,13,15,17H,9-12,14,16H2,1H3,(H,27,28,29). The van der Waals surface area contributed by atoms with Crippen LogP contribution in [-0.2, 0) is 11.3 Å². The third kappa shape index (κ3) is 4.20.